The number of fused-ring (bicyclic) bond motifs is 1. The van der Waals surface area contributed by atoms with Crippen molar-refractivity contribution in [2.45, 2.75) is 51.1 Å². The summed E-state index contributed by atoms with van der Waals surface area (Å²) in [5, 5.41) is 12.2. The van der Waals surface area contributed by atoms with Gasteiger partial charge in [0.05, 0.1) is 0 Å². The maximum atomic E-state index is 12.9. The Hall–Kier alpha value is -2.37. The summed E-state index contributed by atoms with van der Waals surface area (Å²) in [5.74, 6) is -1.04. The number of carboxylic acid groups (broad SMARTS) is 1. The standard InChI is InChI=1S/C18H22N2O4/c1-11(21)19-14-8-6-12(7-9-14)17(22)20-15-5-3-2-4-13(15)10-16(20)18(23)24/h6-9,13,15-16H,2-5,10H2,1H3,(H,19,21)(H,23,24). The summed E-state index contributed by atoms with van der Waals surface area (Å²) < 4.78 is 0. The van der Waals surface area contributed by atoms with Gasteiger partial charge in [-0.15, -0.1) is 0 Å². The maximum absolute atomic E-state index is 12.9. The SMILES string of the molecule is CC(=O)Nc1ccc(C(=O)N2C(C(=O)O)CC3CCCCC32)cc1. The Morgan fingerprint density at radius 2 is 1.79 bits per heavy atom. The van der Waals surface area contributed by atoms with Gasteiger partial charge in [0.1, 0.15) is 6.04 Å². The molecule has 0 spiro atoms. The highest BCUT2D eigenvalue weighted by Crippen LogP contribution is 2.40. The van der Waals surface area contributed by atoms with Crippen LogP contribution in [0.25, 0.3) is 0 Å². The van der Waals surface area contributed by atoms with Crippen molar-refractivity contribution in [1.29, 1.82) is 0 Å². The first kappa shape index (κ1) is 16.5. The molecule has 1 aliphatic heterocycles. The zero-order valence-corrected chi connectivity index (χ0v) is 13.7. The van der Waals surface area contributed by atoms with E-state index in [1.54, 1.807) is 29.2 Å². The molecular weight excluding hydrogens is 308 g/mol. The number of likely N-dealkylation sites (tertiary alicyclic amines) is 1. The Bertz CT molecular complexity index is 655. The smallest absolute Gasteiger partial charge is 0.326 e. The van der Waals surface area contributed by atoms with Crippen LogP contribution < -0.4 is 5.32 Å². The van der Waals surface area contributed by atoms with Gasteiger partial charge >= 0.3 is 5.97 Å². The van der Waals surface area contributed by atoms with Crippen LogP contribution in [0, 0.1) is 5.92 Å². The average molecular weight is 330 g/mol. The molecule has 128 valence electrons. The van der Waals surface area contributed by atoms with E-state index in [0.29, 0.717) is 23.6 Å². The van der Waals surface area contributed by atoms with E-state index in [9.17, 15) is 19.5 Å². The van der Waals surface area contributed by atoms with E-state index in [2.05, 4.69) is 5.32 Å². The summed E-state index contributed by atoms with van der Waals surface area (Å²) in [6.45, 7) is 1.42. The van der Waals surface area contributed by atoms with Crippen LogP contribution >= 0.6 is 0 Å². The van der Waals surface area contributed by atoms with E-state index in [1.807, 2.05) is 0 Å². The summed E-state index contributed by atoms with van der Waals surface area (Å²) in [4.78, 5) is 37.2. The molecule has 1 saturated carbocycles. The van der Waals surface area contributed by atoms with Crippen LogP contribution in [-0.2, 0) is 9.59 Å². The fraction of sp³-hybridized carbons (Fsp3) is 0.500. The molecule has 1 heterocycles. The minimum atomic E-state index is -0.924. The number of hydrogen-bond acceptors (Lipinski definition) is 3. The summed E-state index contributed by atoms with van der Waals surface area (Å²) in [6, 6.07) is 5.91. The number of rotatable bonds is 3. The highest BCUT2D eigenvalue weighted by atomic mass is 16.4. The van der Waals surface area contributed by atoms with Gasteiger partial charge in [-0.25, -0.2) is 4.79 Å². The number of benzene rings is 1. The quantitative estimate of drug-likeness (QED) is 0.891. The molecule has 0 aromatic heterocycles. The molecule has 0 radical (unpaired) electrons. The molecule has 3 rings (SSSR count). The van der Waals surface area contributed by atoms with Crippen molar-refractivity contribution in [1.82, 2.24) is 4.90 Å². The molecule has 3 atom stereocenters. The number of carboxylic acids is 1. The van der Waals surface area contributed by atoms with Gasteiger partial charge in [-0.05, 0) is 49.4 Å². The Morgan fingerprint density at radius 3 is 2.42 bits per heavy atom. The second-order valence-electron chi connectivity index (χ2n) is 6.67. The highest BCUT2D eigenvalue weighted by molar-refractivity contribution is 5.98. The molecule has 2 fully saturated rings. The molecule has 3 unspecified atom stereocenters. The van der Waals surface area contributed by atoms with Crippen LogP contribution in [0.2, 0.25) is 0 Å². The molecule has 1 aliphatic carbocycles. The second kappa shape index (κ2) is 6.63. The fourth-order valence-electron chi connectivity index (χ4n) is 4.02. The van der Waals surface area contributed by atoms with E-state index in [-0.39, 0.29) is 17.9 Å². The summed E-state index contributed by atoms with van der Waals surface area (Å²) in [5.41, 5.74) is 1.08. The van der Waals surface area contributed by atoms with Gasteiger partial charge in [-0.1, -0.05) is 12.8 Å². The van der Waals surface area contributed by atoms with Crippen molar-refractivity contribution in [3.05, 3.63) is 29.8 Å². The van der Waals surface area contributed by atoms with Crippen LogP contribution in [0.5, 0.6) is 0 Å². The van der Waals surface area contributed by atoms with E-state index < -0.39 is 12.0 Å². The van der Waals surface area contributed by atoms with E-state index in [1.165, 1.54) is 6.92 Å². The number of nitrogens with zero attached hydrogens (tertiary/aromatic N) is 1. The molecule has 1 aromatic rings. The molecule has 6 heteroatoms. The molecule has 1 saturated heterocycles. The van der Waals surface area contributed by atoms with Crippen LogP contribution in [0.3, 0.4) is 0 Å². The summed E-state index contributed by atoms with van der Waals surface area (Å²) >= 11 is 0. The minimum Gasteiger partial charge on any atom is -0.480 e. The molecule has 0 bridgehead atoms. The van der Waals surface area contributed by atoms with Crippen molar-refractivity contribution < 1.29 is 19.5 Å². The molecule has 6 nitrogen and oxygen atoms in total. The van der Waals surface area contributed by atoms with E-state index >= 15 is 0 Å². The molecule has 1 aromatic carbocycles. The van der Waals surface area contributed by atoms with Crippen LogP contribution in [0.1, 0.15) is 49.4 Å². The first-order valence-corrected chi connectivity index (χ1v) is 8.40. The second-order valence-corrected chi connectivity index (χ2v) is 6.67. The third-order valence-corrected chi connectivity index (χ3v) is 5.06. The van der Waals surface area contributed by atoms with Crippen molar-refractivity contribution >= 4 is 23.5 Å². The third-order valence-electron chi connectivity index (χ3n) is 5.06. The zero-order valence-electron chi connectivity index (χ0n) is 13.7. The summed E-state index contributed by atoms with van der Waals surface area (Å²) in [7, 11) is 0. The average Bonchev–Trinajstić information content (AvgIpc) is 2.94. The maximum Gasteiger partial charge on any atom is 0.326 e. The molecular formula is C18H22N2O4. The number of aliphatic carboxylic acids is 1. The van der Waals surface area contributed by atoms with Crippen LogP contribution in [0.15, 0.2) is 24.3 Å². The number of carbonyl (C=O) groups excluding carboxylic acids is 2. The summed E-state index contributed by atoms with van der Waals surface area (Å²) in [6.07, 6.45) is 4.58. The van der Waals surface area contributed by atoms with Gasteiger partial charge < -0.3 is 15.3 Å². The number of amides is 2. The largest absolute Gasteiger partial charge is 0.480 e. The van der Waals surface area contributed by atoms with Gasteiger partial charge in [-0.2, -0.15) is 0 Å². The topological polar surface area (TPSA) is 86.7 Å². The lowest BCUT2D eigenvalue weighted by Gasteiger charge is -2.33. The van der Waals surface area contributed by atoms with Crippen molar-refractivity contribution in [2.24, 2.45) is 5.92 Å². The van der Waals surface area contributed by atoms with Gasteiger partial charge in [0, 0.05) is 24.2 Å². The van der Waals surface area contributed by atoms with Gasteiger partial charge in [-0.3, -0.25) is 9.59 Å². The van der Waals surface area contributed by atoms with Gasteiger partial charge in [0.25, 0.3) is 5.91 Å². The van der Waals surface area contributed by atoms with Crippen molar-refractivity contribution in [3.63, 3.8) is 0 Å². The third kappa shape index (κ3) is 3.13. The zero-order chi connectivity index (χ0) is 17.3. The molecule has 24 heavy (non-hydrogen) atoms. The predicted octanol–water partition coefficient (Wildman–Crippen LogP) is 2.50. The lowest BCUT2D eigenvalue weighted by molar-refractivity contribution is -0.141. The highest BCUT2D eigenvalue weighted by Gasteiger charge is 2.47. The lowest BCUT2D eigenvalue weighted by Crippen LogP contribution is -2.46. The van der Waals surface area contributed by atoms with Crippen molar-refractivity contribution in [2.75, 3.05) is 5.32 Å². The van der Waals surface area contributed by atoms with Crippen molar-refractivity contribution in [3.8, 4) is 0 Å². The molecule has 2 aliphatic rings. The first-order valence-electron chi connectivity index (χ1n) is 8.40. The Balaban J connectivity index is 1.83. The number of nitrogens with one attached hydrogen (secondary N) is 1. The molecule has 2 amide bonds. The lowest BCUT2D eigenvalue weighted by atomic mass is 9.84. The Kier molecular flexibility index (Phi) is 4.55. The predicted molar refractivity (Wildman–Crippen MR) is 88.7 cm³/mol. The molecule has 2 N–H and O–H groups in total. The minimum absolute atomic E-state index is 0.0300. The first-order chi connectivity index (χ1) is 11.5. The van der Waals surface area contributed by atoms with Crippen LogP contribution in [-0.4, -0.2) is 39.9 Å². The number of anilines is 1. The van der Waals surface area contributed by atoms with E-state index in [0.717, 1.165) is 25.7 Å². The monoisotopic (exact) mass is 330 g/mol. The number of hydrogen-bond donors (Lipinski definition) is 2. The van der Waals surface area contributed by atoms with E-state index in [4.69, 9.17) is 0 Å². The van der Waals surface area contributed by atoms with Crippen LogP contribution in [0.4, 0.5) is 5.69 Å². The van der Waals surface area contributed by atoms with Gasteiger partial charge in [0.2, 0.25) is 5.91 Å². The normalized spacial score (nSPS) is 25.9. The fourth-order valence-corrected chi connectivity index (χ4v) is 4.02. The number of carbonyl (C=O) groups is 3. The van der Waals surface area contributed by atoms with Gasteiger partial charge in [0.15, 0.2) is 0 Å². The Morgan fingerprint density at radius 1 is 1.12 bits per heavy atom. The Labute approximate surface area is 140 Å².